The molecule has 0 aliphatic rings. The highest BCUT2D eigenvalue weighted by molar-refractivity contribution is 5.83. The van der Waals surface area contributed by atoms with Gasteiger partial charge in [0.1, 0.15) is 11.1 Å². The van der Waals surface area contributed by atoms with E-state index in [1.54, 1.807) is 25.1 Å². The molecule has 94 valence electrons. The van der Waals surface area contributed by atoms with Crippen LogP contribution in [0, 0.1) is 12.7 Å². The van der Waals surface area contributed by atoms with Crippen LogP contribution < -0.4 is 10.4 Å². The Balaban J connectivity index is 2.50. The first-order valence-electron chi connectivity index (χ1n) is 5.60. The van der Waals surface area contributed by atoms with Gasteiger partial charge >= 0.3 is 5.63 Å². The monoisotopic (exact) mass is 248 g/mol. The van der Waals surface area contributed by atoms with Gasteiger partial charge in [-0.2, -0.15) is 0 Å². The maximum atomic E-state index is 14.1. The summed E-state index contributed by atoms with van der Waals surface area (Å²) in [5, 5.41) is 0.439. The van der Waals surface area contributed by atoms with Crippen molar-refractivity contribution in [2.24, 2.45) is 0 Å². The van der Waals surface area contributed by atoms with Crippen molar-refractivity contribution in [2.45, 2.75) is 13.3 Å². The number of rotatable bonds is 4. The fourth-order valence-electron chi connectivity index (χ4n) is 1.71. The van der Waals surface area contributed by atoms with Gasteiger partial charge in [-0.1, -0.05) is 12.1 Å². The number of ether oxygens (including phenoxy) is 1. The molecule has 0 N–H and O–H groups in total. The first-order valence-corrected chi connectivity index (χ1v) is 5.60. The molecule has 0 saturated carbocycles. The van der Waals surface area contributed by atoms with Gasteiger partial charge in [0, 0.05) is 0 Å². The summed E-state index contributed by atoms with van der Waals surface area (Å²) in [6, 6.07) is 4.78. The smallest absolute Gasteiger partial charge is 0.346 e. The Hall–Kier alpha value is -2.10. The molecule has 0 fully saturated rings. The number of fused-ring (bicyclic) bond motifs is 1. The highest BCUT2D eigenvalue weighted by Crippen LogP contribution is 2.24. The van der Waals surface area contributed by atoms with Crippen LogP contribution in [-0.2, 0) is 0 Å². The van der Waals surface area contributed by atoms with E-state index in [1.165, 1.54) is 6.07 Å². The highest BCUT2D eigenvalue weighted by atomic mass is 19.1. The Labute approximate surface area is 103 Å². The van der Waals surface area contributed by atoms with Gasteiger partial charge in [-0.15, -0.1) is 6.58 Å². The molecule has 1 aromatic heterocycles. The zero-order valence-electron chi connectivity index (χ0n) is 10.0. The molecule has 0 bridgehead atoms. The lowest BCUT2D eigenvalue weighted by Gasteiger charge is -2.07. The van der Waals surface area contributed by atoms with Crippen LogP contribution in [0.1, 0.15) is 12.2 Å². The highest BCUT2D eigenvalue weighted by Gasteiger charge is 2.13. The topological polar surface area (TPSA) is 39.4 Å². The SMILES string of the molecule is C=CCCOc1ccc2cc(C)oc(=O)c2c1F. The van der Waals surface area contributed by atoms with Crippen LogP contribution in [0.2, 0.25) is 0 Å². The Morgan fingerprint density at radius 3 is 3.00 bits per heavy atom. The molecular formula is C14H13FO3. The van der Waals surface area contributed by atoms with Gasteiger partial charge in [-0.05, 0) is 30.9 Å². The second-order valence-corrected chi connectivity index (χ2v) is 3.91. The molecule has 0 unspecified atom stereocenters. The predicted molar refractivity (Wildman–Crippen MR) is 67.5 cm³/mol. The average Bonchev–Trinajstić information content (AvgIpc) is 2.31. The minimum Gasteiger partial charge on any atom is -0.490 e. The van der Waals surface area contributed by atoms with Crippen molar-refractivity contribution in [1.82, 2.24) is 0 Å². The third kappa shape index (κ3) is 2.27. The second kappa shape index (κ2) is 5.04. The van der Waals surface area contributed by atoms with Crippen molar-refractivity contribution in [3.05, 3.63) is 52.9 Å². The predicted octanol–water partition coefficient (Wildman–Crippen LogP) is 3.20. The van der Waals surface area contributed by atoms with E-state index >= 15 is 0 Å². The summed E-state index contributed by atoms with van der Waals surface area (Å²) in [7, 11) is 0. The molecule has 0 radical (unpaired) electrons. The van der Waals surface area contributed by atoms with Crippen LogP contribution in [-0.4, -0.2) is 6.61 Å². The first kappa shape index (κ1) is 12.4. The van der Waals surface area contributed by atoms with Crippen LogP contribution in [0.15, 0.2) is 40.1 Å². The van der Waals surface area contributed by atoms with E-state index < -0.39 is 11.4 Å². The average molecular weight is 248 g/mol. The van der Waals surface area contributed by atoms with Gasteiger partial charge in [-0.3, -0.25) is 0 Å². The summed E-state index contributed by atoms with van der Waals surface area (Å²) in [6.45, 7) is 5.52. The summed E-state index contributed by atoms with van der Waals surface area (Å²) in [5.41, 5.74) is -0.684. The van der Waals surface area contributed by atoms with Crippen LogP contribution in [0.3, 0.4) is 0 Å². The fourth-order valence-corrected chi connectivity index (χ4v) is 1.71. The molecule has 4 heteroatoms. The standard InChI is InChI=1S/C14H13FO3/c1-3-4-7-17-11-6-5-10-8-9(2)18-14(16)12(10)13(11)15/h3,5-6,8H,1,4,7H2,2H3. The molecule has 0 aliphatic carbocycles. The third-order valence-electron chi connectivity index (χ3n) is 2.53. The number of hydrogen-bond donors (Lipinski definition) is 0. The van der Waals surface area contributed by atoms with Crippen molar-refractivity contribution in [1.29, 1.82) is 0 Å². The minimum absolute atomic E-state index is 0.0560. The van der Waals surface area contributed by atoms with E-state index in [2.05, 4.69) is 6.58 Å². The molecular weight excluding hydrogens is 235 g/mol. The van der Waals surface area contributed by atoms with Gasteiger partial charge in [0.15, 0.2) is 11.6 Å². The number of aryl methyl sites for hydroxylation is 1. The van der Waals surface area contributed by atoms with Crippen molar-refractivity contribution in [3.8, 4) is 5.75 Å². The van der Waals surface area contributed by atoms with E-state index in [0.29, 0.717) is 24.2 Å². The summed E-state index contributed by atoms with van der Waals surface area (Å²) in [5.74, 6) is -0.168. The summed E-state index contributed by atoms with van der Waals surface area (Å²) in [4.78, 5) is 11.6. The van der Waals surface area contributed by atoms with Crippen LogP contribution in [0.25, 0.3) is 10.8 Å². The molecule has 1 heterocycles. The zero-order chi connectivity index (χ0) is 13.1. The summed E-state index contributed by atoms with van der Waals surface area (Å²) in [6.07, 6.45) is 2.29. The molecule has 0 amide bonds. The second-order valence-electron chi connectivity index (χ2n) is 3.91. The molecule has 3 nitrogen and oxygen atoms in total. The number of halogens is 1. The zero-order valence-corrected chi connectivity index (χ0v) is 10.0. The van der Waals surface area contributed by atoms with E-state index in [4.69, 9.17) is 9.15 Å². The number of hydrogen-bond acceptors (Lipinski definition) is 3. The van der Waals surface area contributed by atoms with Crippen LogP contribution >= 0.6 is 0 Å². The maximum absolute atomic E-state index is 14.1. The van der Waals surface area contributed by atoms with E-state index in [0.717, 1.165) is 0 Å². The molecule has 1 aromatic carbocycles. The minimum atomic E-state index is -0.684. The van der Waals surface area contributed by atoms with Crippen molar-refractivity contribution in [2.75, 3.05) is 6.61 Å². The molecule has 0 atom stereocenters. The lowest BCUT2D eigenvalue weighted by Crippen LogP contribution is -2.05. The van der Waals surface area contributed by atoms with Crippen molar-refractivity contribution >= 4 is 10.8 Å². The molecule has 2 aromatic rings. The van der Waals surface area contributed by atoms with Crippen LogP contribution in [0.5, 0.6) is 5.75 Å². The normalized spacial score (nSPS) is 10.6. The van der Waals surface area contributed by atoms with Gasteiger partial charge in [0.25, 0.3) is 0 Å². The summed E-state index contributed by atoms with van der Waals surface area (Å²) < 4.78 is 24.2. The van der Waals surface area contributed by atoms with Gasteiger partial charge in [0.05, 0.1) is 6.61 Å². The Kier molecular flexibility index (Phi) is 3.46. The van der Waals surface area contributed by atoms with Crippen molar-refractivity contribution in [3.63, 3.8) is 0 Å². The lowest BCUT2D eigenvalue weighted by molar-refractivity contribution is 0.309. The molecule has 0 spiro atoms. The third-order valence-corrected chi connectivity index (χ3v) is 2.53. The Morgan fingerprint density at radius 2 is 2.28 bits per heavy atom. The molecule has 0 saturated heterocycles. The van der Waals surface area contributed by atoms with Gasteiger partial charge in [0.2, 0.25) is 0 Å². The maximum Gasteiger partial charge on any atom is 0.346 e. The largest absolute Gasteiger partial charge is 0.490 e. The quantitative estimate of drug-likeness (QED) is 0.616. The molecule has 0 aliphatic heterocycles. The fraction of sp³-hybridized carbons (Fsp3) is 0.214. The van der Waals surface area contributed by atoms with E-state index in [9.17, 15) is 9.18 Å². The van der Waals surface area contributed by atoms with Crippen molar-refractivity contribution < 1.29 is 13.5 Å². The first-order chi connectivity index (χ1) is 8.63. The van der Waals surface area contributed by atoms with Crippen LogP contribution in [0.4, 0.5) is 4.39 Å². The van der Waals surface area contributed by atoms with Gasteiger partial charge in [-0.25, -0.2) is 9.18 Å². The molecule has 18 heavy (non-hydrogen) atoms. The summed E-state index contributed by atoms with van der Waals surface area (Å²) >= 11 is 0. The Bertz CT molecular complexity index is 643. The Morgan fingerprint density at radius 1 is 1.50 bits per heavy atom. The van der Waals surface area contributed by atoms with E-state index in [-0.39, 0.29) is 11.1 Å². The van der Waals surface area contributed by atoms with E-state index in [1.807, 2.05) is 0 Å². The number of benzene rings is 1. The van der Waals surface area contributed by atoms with Gasteiger partial charge < -0.3 is 9.15 Å². The lowest BCUT2D eigenvalue weighted by atomic mass is 10.1. The molecule has 2 rings (SSSR count).